The maximum absolute atomic E-state index is 13.0. The molecule has 236 valence electrons. The minimum Gasteiger partial charge on any atom is -0.459 e. The maximum Gasteiger partial charge on any atom is 0.343 e. The van der Waals surface area contributed by atoms with Gasteiger partial charge < -0.3 is 18.9 Å². The minimum absolute atomic E-state index is 0.229. The smallest absolute Gasteiger partial charge is 0.343 e. The minimum atomic E-state index is -0.625. The molecule has 0 aliphatic heterocycles. The van der Waals surface area contributed by atoms with Gasteiger partial charge in [-0.25, -0.2) is 19.2 Å². The van der Waals surface area contributed by atoms with Gasteiger partial charge in [-0.1, -0.05) is 32.0 Å². The Bertz CT molecular complexity index is 1840. The van der Waals surface area contributed by atoms with Crippen LogP contribution in [0.1, 0.15) is 101 Å². The van der Waals surface area contributed by atoms with Crippen LogP contribution in [0.25, 0.3) is 11.1 Å². The summed E-state index contributed by atoms with van der Waals surface area (Å²) < 4.78 is 22.0. The molecule has 0 saturated heterocycles. The average molecular weight is 621 g/mol. The predicted molar refractivity (Wildman–Crippen MR) is 173 cm³/mol. The molecular weight excluding hydrogens is 584 g/mol. The number of carbonyl (C=O) groups is 4. The van der Waals surface area contributed by atoms with Crippen LogP contribution in [0.5, 0.6) is 11.5 Å². The van der Waals surface area contributed by atoms with Crippen LogP contribution >= 0.6 is 0 Å². The molecule has 0 unspecified atom stereocenters. The van der Waals surface area contributed by atoms with Gasteiger partial charge in [0.1, 0.15) is 17.1 Å². The summed E-state index contributed by atoms with van der Waals surface area (Å²) in [4.78, 5) is 50.6. The number of hydrogen-bond acceptors (Lipinski definition) is 8. The maximum atomic E-state index is 13.0. The van der Waals surface area contributed by atoms with Crippen molar-refractivity contribution in [2.45, 2.75) is 65.6 Å². The van der Waals surface area contributed by atoms with E-state index in [2.05, 4.69) is 0 Å². The van der Waals surface area contributed by atoms with Gasteiger partial charge in [-0.15, -0.1) is 0 Å². The lowest BCUT2D eigenvalue weighted by Crippen LogP contribution is -2.23. The van der Waals surface area contributed by atoms with E-state index in [9.17, 15) is 19.2 Å². The van der Waals surface area contributed by atoms with Gasteiger partial charge in [0.15, 0.2) is 0 Å². The molecule has 4 aromatic carbocycles. The van der Waals surface area contributed by atoms with E-state index in [0.717, 1.165) is 22.3 Å². The zero-order chi connectivity index (χ0) is 33.4. The zero-order valence-electron chi connectivity index (χ0n) is 26.9. The van der Waals surface area contributed by atoms with Gasteiger partial charge in [0, 0.05) is 5.41 Å². The van der Waals surface area contributed by atoms with E-state index >= 15 is 0 Å². The van der Waals surface area contributed by atoms with Crippen molar-refractivity contribution in [3.8, 4) is 22.6 Å². The first-order chi connectivity index (χ1) is 21.6. The van der Waals surface area contributed by atoms with E-state index in [4.69, 9.17) is 18.9 Å². The van der Waals surface area contributed by atoms with Crippen LogP contribution in [0.15, 0.2) is 84.9 Å². The fourth-order valence-corrected chi connectivity index (χ4v) is 5.29. The lowest BCUT2D eigenvalue weighted by Gasteiger charge is -2.22. The molecule has 0 spiro atoms. The molecule has 8 heteroatoms. The van der Waals surface area contributed by atoms with Gasteiger partial charge in [0.05, 0.1) is 28.4 Å². The molecule has 0 saturated carbocycles. The number of benzene rings is 4. The average Bonchev–Trinajstić information content (AvgIpc) is 3.21. The Labute approximate surface area is 268 Å². The summed E-state index contributed by atoms with van der Waals surface area (Å²) in [5, 5.41) is 0. The monoisotopic (exact) mass is 620 g/mol. The normalized spacial score (nSPS) is 13.0. The van der Waals surface area contributed by atoms with Gasteiger partial charge in [0.2, 0.25) is 0 Å². The van der Waals surface area contributed by atoms with Crippen molar-refractivity contribution in [1.82, 2.24) is 0 Å². The van der Waals surface area contributed by atoms with Crippen LogP contribution in [-0.2, 0) is 14.9 Å². The molecule has 1 aliphatic carbocycles. The Morgan fingerprint density at radius 3 is 1.52 bits per heavy atom. The van der Waals surface area contributed by atoms with Gasteiger partial charge in [-0.3, -0.25) is 0 Å². The summed E-state index contributed by atoms with van der Waals surface area (Å²) in [5.74, 6) is -1.39. The van der Waals surface area contributed by atoms with Crippen molar-refractivity contribution in [3.63, 3.8) is 0 Å². The number of rotatable bonds is 7. The first-order valence-corrected chi connectivity index (χ1v) is 15.0. The molecule has 0 radical (unpaired) electrons. The number of ether oxygens (including phenoxy) is 4. The van der Waals surface area contributed by atoms with E-state index < -0.39 is 34.9 Å². The highest BCUT2D eigenvalue weighted by Crippen LogP contribution is 2.50. The molecule has 0 atom stereocenters. The van der Waals surface area contributed by atoms with E-state index in [0.29, 0.717) is 22.6 Å². The molecule has 46 heavy (non-hydrogen) atoms. The van der Waals surface area contributed by atoms with Gasteiger partial charge in [-0.2, -0.15) is 0 Å². The summed E-state index contributed by atoms with van der Waals surface area (Å²) >= 11 is 0. The number of hydrogen-bond donors (Lipinski definition) is 0. The van der Waals surface area contributed by atoms with Crippen molar-refractivity contribution >= 4 is 23.9 Å². The molecule has 1 aliphatic rings. The van der Waals surface area contributed by atoms with Crippen molar-refractivity contribution in [2.24, 2.45) is 0 Å². The van der Waals surface area contributed by atoms with E-state index in [-0.39, 0.29) is 17.2 Å². The molecule has 8 nitrogen and oxygen atoms in total. The second-order valence-corrected chi connectivity index (χ2v) is 12.9. The second kappa shape index (κ2) is 12.3. The van der Waals surface area contributed by atoms with Crippen molar-refractivity contribution in [3.05, 3.63) is 118 Å². The summed E-state index contributed by atoms with van der Waals surface area (Å²) in [6.07, 6.45) is -0.283. The highest BCUT2D eigenvalue weighted by atomic mass is 16.6. The molecule has 5 rings (SSSR count). The van der Waals surface area contributed by atoms with Crippen molar-refractivity contribution in [2.75, 3.05) is 0 Å². The van der Waals surface area contributed by atoms with Crippen LogP contribution in [0.4, 0.5) is 0 Å². The molecule has 4 aromatic rings. The predicted octanol–water partition coefficient (Wildman–Crippen LogP) is 7.95. The third kappa shape index (κ3) is 6.86. The number of fused-ring (bicyclic) bond motifs is 3. The fourth-order valence-electron chi connectivity index (χ4n) is 5.29. The van der Waals surface area contributed by atoms with Crippen LogP contribution in [0.3, 0.4) is 0 Å². The fraction of sp³-hybridized carbons (Fsp3) is 0.263. The lowest BCUT2D eigenvalue weighted by molar-refractivity contribution is 0.00685. The molecule has 0 N–H and O–H groups in total. The van der Waals surface area contributed by atoms with Crippen LogP contribution in [0, 0.1) is 0 Å². The quantitative estimate of drug-likeness (QED) is 0.151. The van der Waals surface area contributed by atoms with Gasteiger partial charge in [-0.05, 0) is 124 Å². The van der Waals surface area contributed by atoms with E-state index in [1.54, 1.807) is 65.0 Å². The SMILES string of the molecule is CC(C)OC(=O)c1cccc(C(=O)Oc2ccc3c(c2)C(C)(C)c2cc(OC(=O)c4ccc(C(=O)OC(C)(C)C)cc4)ccc2-3)c1. The summed E-state index contributed by atoms with van der Waals surface area (Å²) in [6, 6.07) is 23.3. The van der Waals surface area contributed by atoms with E-state index in [1.165, 1.54) is 30.3 Å². The third-order valence-corrected chi connectivity index (χ3v) is 7.47. The molecule has 0 heterocycles. The first-order valence-electron chi connectivity index (χ1n) is 15.0. The van der Waals surface area contributed by atoms with Crippen molar-refractivity contribution < 1.29 is 38.1 Å². The highest BCUT2D eigenvalue weighted by Gasteiger charge is 2.36. The molecule has 0 fully saturated rings. The standard InChI is InChI=1S/C38H36O8/c1-22(2)43-34(40)25-9-8-10-26(19-25)35(41)45-28-16-18-30-29-17-15-27(20-31(29)38(6,7)32(30)21-28)44-33(39)23-11-13-24(14-12-23)36(42)46-37(3,4)5/h8-22H,1-7H3. The molecular formula is C38H36O8. The van der Waals surface area contributed by atoms with Crippen LogP contribution in [0.2, 0.25) is 0 Å². The Hall–Kier alpha value is -5.24. The topological polar surface area (TPSA) is 105 Å². The Morgan fingerprint density at radius 2 is 1.04 bits per heavy atom. The third-order valence-electron chi connectivity index (χ3n) is 7.47. The van der Waals surface area contributed by atoms with Crippen molar-refractivity contribution in [1.29, 1.82) is 0 Å². The highest BCUT2D eigenvalue weighted by molar-refractivity contribution is 5.97. The number of esters is 4. The lowest BCUT2D eigenvalue weighted by atomic mass is 9.82. The Kier molecular flexibility index (Phi) is 8.58. The second-order valence-electron chi connectivity index (χ2n) is 12.9. The van der Waals surface area contributed by atoms with Crippen LogP contribution in [-0.4, -0.2) is 35.6 Å². The molecule has 0 amide bonds. The van der Waals surface area contributed by atoms with Crippen LogP contribution < -0.4 is 9.47 Å². The molecule has 0 aromatic heterocycles. The summed E-state index contributed by atoms with van der Waals surface area (Å²) in [7, 11) is 0. The summed E-state index contributed by atoms with van der Waals surface area (Å²) in [6.45, 7) is 13.0. The zero-order valence-corrected chi connectivity index (χ0v) is 26.9. The van der Waals surface area contributed by atoms with E-state index in [1.807, 2.05) is 38.1 Å². The first kappa shape index (κ1) is 32.2. The number of carbonyl (C=O) groups excluding carboxylic acids is 4. The van der Waals surface area contributed by atoms with Gasteiger partial charge in [0.25, 0.3) is 0 Å². The Balaban J connectivity index is 1.30. The Morgan fingerprint density at radius 1 is 0.587 bits per heavy atom. The summed E-state index contributed by atoms with van der Waals surface area (Å²) in [5.41, 5.74) is 3.87. The van der Waals surface area contributed by atoms with Gasteiger partial charge >= 0.3 is 23.9 Å². The molecule has 0 bridgehead atoms. The largest absolute Gasteiger partial charge is 0.459 e.